The first-order valence-corrected chi connectivity index (χ1v) is 8.37. The number of carboxylic acids is 1. The molecule has 0 aromatic heterocycles. The van der Waals surface area contributed by atoms with E-state index in [1.54, 1.807) is 0 Å². The predicted octanol–water partition coefficient (Wildman–Crippen LogP) is 1.00. The molecule has 0 aromatic rings. The van der Waals surface area contributed by atoms with Crippen LogP contribution in [0.15, 0.2) is 0 Å². The van der Waals surface area contributed by atoms with Crippen LogP contribution in [0.5, 0.6) is 0 Å². The zero-order chi connectivity index (χ0) is 16.3. The van der Waals surface area contributed by atoms with Crippen LogP contribution in [-0.2, 0) is 9.59 Å². The van der Waals surface area contributed by atoms with Crippen molar-refractivity contribution in [2.24, 2.45) is 0 Å². The molecule has 0 spiro atoms. The number of aliphatic hydroxyl groups excluding tert-OH is 2. The summed E-state index contributed by atoms with van der Waals surface area (Å²) in [5.74, 6) is -1.32. The van der Waals surface area contributed by atoms with E-state index < -0.39 is 24.0 Å². The highest BCUT2D eigenvalue weighted by Crippen LogP contribution is 2.23. The molecular formula is C14H27NO5S. The summed E-state index contributed by atoms with van der Waals surface area (Å²) >= 11 is 1.29. The highest BCUT2D eigenvalue weighted by atomic mass is 32.2. The second-order valence-electron chi connectivity index (χ2n) is 5.04. The molecule has 0 fully saturated rings. The van der Waals surface area contributed by atoms with Gasteiger partial charge in [-0.25, -0.2) is 4.79 Å². The highest BCUT2D eigenvalue weighted by molar-refractivity contribution is 8.00. The third-order valence-corrected chi connectivity index (χ3v) is 4.60. The Bertz CT molecular complexity index is 314. The molecule has 0 heterocycles. The molecule has 0 saturated carbocycles. The van der Waals surface area contributed by atoms with E-state index in [1.165, 1.54) is 18.7 Å². The molecule has 0 aliphatic heterocycles. The smallest absolute Gasteiger partial charge is 0.327 e. The summed E-state index contributed by atoms with van der Waals surface area (Å²) in [5, 5.41) is 30.4. The minimum atomic E-state index is -1.10. The van der Waals surface area contributed by atoms with Gasteiger partial charge in [0.2, 0.25) is 5.91 Å². The number of carbonyl (C=O) groups excluding carboxylic acids is 1. The minimum absolute atomic E-state index is 0.0552. The maximum Gasteiger partial charge on any atom is 0.327 e. The molecule has 6 nitrogen and oxygen atoms in total. The van der Waals surface area contributed by atoms with Crippen LogP contribution in [0.1, 0.15) is 46.0 Å². The van der Waals surface area contributed by atoms with Crippen LogP contribution in [0.4, 0.5) is 0 Å². The maximum absolute atomic E-state index is 11.0. The fourth-order valence-corrected chi connectivity index (χ4v) is 3.24. The van der Waals surface area contributed by atoms with E-state index in [1.807, 2.05) is 0 Å². The molecule has 0 saturated heterocycles. The fourth-order valence-electron chi connectivity index (χ4n) is 1.94. The number of aliphatic hydroxyl groups is 2. The van der Waals surface area contributed by atoms with Crippen molar-refractivity contribution < 1.29 is 24.9 Å². The summed E-state index contributed by atoms with van der Waals surface area (Å²) in [5.41, 5.74) is 0. The number of carboxylic acid groups (broad SMARTS) is 1. The number of amides is 1. The van der Waals surface area contributed by atoms with Crippen LogP contribution >= 0.6 is 11.8 Å². The Labute approximate surface area is 130 Å². The lowest BCUT2D eigenvalue weighted by molar-refractivity contribution is -0.140. The number of hydrogen-bond donors (Lipinski definition) is 4. The third kappa shape index (κ3) is 9.71. The van der Waals surface area contributed by atoms with Crippen molar-refractivity contribution in [1.82, 2.24) is 5.32 Å². The van der Waals surface area contributed by atoms with Gasteiger partial charge in [-0.3, -0.25) is 4.79 Å². The van der Waals surface area contributed by atoms with E-state index in [-0.39, 0.29) is 17.6 Å². The van der Waals surface area contributed by atoms with Gasteiger partial charge in [0.1, 0.15) is 6.04 Å². The van der Waals surface area contributed by atoms with Crippen LogP contribution in [0, 0.1) is 0 Å². The molecule has 0 aromatic carbocycles. The lowest BCUT2D eigenvalue weighted by Gasteiger charge is -2.23. The molecule has 0 bridgehead atoms. The van der Waals surface area contributed by atoms with Gasteiger partial charge in [0, 0.05) is 24.5 Å². The average molecular weight is 321 g/mol. The van der Waals surface area contributed by atoms with E-state index >= 15 is 0 Å². The Morgan fingerprint density at radius 1 is 1.24 bits per heavy atom. The molecule has 4 N–H and O–H groups in total. The van der Waals surface area contributed by atoms with Crippen molar-refractivity contribution in [3.8, 4) is 0 Å². The Kier molecular flexibility index (Phi) is 11.4. The van der Waals surface area contributed by atoms with Crippen molar-refractivity contribution in [2.75, 3.05) is 12.4 Å². The van der Waals surface area contributed by atoms with Crippen molar-refractivity contribution >= 4 is 23.6 Å². The van der Waals surface area contributed by atoms with E-state index in [0.717, 1.165) is 19.3 Å². The lowest BCUT2D eigenvalue weighted by atomic mass is 10.1. The first-order chi connectivity index (χ1) is 9.92. The van der Waals surface area contributed by atoms with Crippen LogP contribution < -0.4 is 5.32 Å². The molecule has 7 heteroatoms. The molecular weight excluding hydrogens is 294 g/mol. The molecule has 124 valence electrons. The van der Waals surface area contributed by atoms with Crippen molar-refractivity contribution in [2.45, 2.75) is 63.3 Å². The van der Waals surface area contributed by atoms with E-state index in [9.17, 15) is 14.7 Å². The number of carbonyl (C=O) groups is 2. The standard InChI is InChI=1S/C14H27NO5S/c1-3-4-5-6-12(18)13(7-8-16)21-9-11(14(19)20)15-10(2)17/h11-13,16,18H,3-9H2,1-2H3,(H,15,17)(H,19,20)/t11-,12?,13?/m0/s1. The topological polar surface area (TPSA) is 107 Å². The number of rotatable bonds is 12. The molecule has 2 unspecified atom stereocenters. The summed E-state index contributed by atoms with van der Waals surface area (Å²) in [6.07, 6.45) is 3.49. The number of nitrogens with one attached hydrogen (secondary N) is 1. The quantitative estimate of drug-likeness (QED) is 0.400. The Balaban J connectivity index is 4.39. The van der Waals surface area contributed by atoms with E-state index in [2.05, 4.69) is 12.2 Å². The van der Waals surface area contributed by atoms with E-state index in [4.69, 9.17) is 10.2 Å². The van der Waals surface area contributed by atoms with Gasteiger partial charge in [-0.15, -0.1) is 0 Å². The van der Waals surface area contributed by atoms with Crippen LogP contribution in [0.2, 0.25) is 0 Å². The molecule has 0 radical (unpaired) electrons. The first-order valence-electron chi connectivity index (χ1n) is 7.32. The minimum Gasteiger partial charge on any atom is -0.480 e. The normalized spacial score (nSPS) is 15.2. The summed E-state index contributed by atoms with van der Waals surface area (Å²) in [7, 11) is 0. The third-order valence-electron chi connectivity index (χ3n) is 3.10. The highest BCUT2D eigenvalue weighted by Gasteiger charge is 2.24. The van der Waals surface area contributed by atoms with Crippen molar-refractivity contribution in [1.29, 1.82) is 0 Å². The van der Waals surface area contributed by atoms with Gasteiger partial charge in [-0.2, -0.15) is 11.8 Å². The number of thioether (sulfide) groups is 1. The van der Waals surface area contributed by atoms with Gasteiger partial charge >= 0.3 is 5.97 Å². The molecule has 0 aliphatic carbocycles. The van der Waals surface area contributed by atoms with Crippen molar-refractivity contribution in [3.05, 3.63) is 0 Å². The fraction of sp³-hybridized carbons (Fsp3) is 0.857. The second kappa shape index (κ2) is 11.8. The van der Waals surface area contributed by atoms with Gasteiger partial charge in [0.05, 0.1) is 6.10 Å². The summed E-state index contributed by atoms with van der Waals surface area (Å²) in [6.45, 7) is 3.29. The zero-order valence-corrected chi connectivity index (χ0v) is 13.6. The van der Waals surface area contributed by atoms with Gasteiger partial charge in [0.25, 0.3) is 0 Å². The van der Waals surface area contributed by atoms with E-state index in [0.29, 0.717) is 12.8 Å². The van der Waals surface area contributed by atoms with Gasteiger partial charge in [0.15, 0.2) is 0 Å². The van der Waals surface area contributed by atoms with Crippen LogP contribution in [0.25, 0.3) is 0 Å². The average Bonchev–Trinajstić information content (AvgIpc) is 2.41. The molecule has 0 aliphatic rings. The monoisotopic (exact) mass is 321 g/mol. The number of hydrogen-bond acceptors (Lipinski definition) is 5. The Hall–Kier alpha value is -0.790. The molecule has 1 amide bonds. The van der Waals surface area contributed by atoms with Crippen molar-refractivity contribution in [3.63, 3.8) is 0 Å². The largest absolute Gasteiger partial charge is 0.480 e. The maximum atomic E-state index is 11.0. The lowest BCUT2D eigenvalue weighted by Crippen LogP contribution is -2.42. The zero-order valence-electron chi connectivity index (χ0n) is 12.7. The predicted molar refractivity (Wildman–Crippen MR) is 83.3 cm³/mol. The first kappa shape index (κ1) is 20.2. The number of aliphatic carboxylic acids is 1. The van der Waals surface area contributed by atoms with Gasteiger partial charge < -0.3 is 20.6 Å². The molecule has 21 heavy (non-hydrogen) atoms. The van der Waals surface area contributed by atoms with Crippen LogP contribution in [-0.4, -0.2) is 57.0 Å². The summed E-state index contributed by atoms with van der Waals surface area (Å²) < 4.78 is 0. The molecule has 0 rings (SSSR count). The summed E-state index contributed by atoms with van der Waals surface area (Å²) in [6, 6.07) is -0.975. The van der Waals surface area contributed by atoms with Gasteiger partial charge in [-0.1, -0.05) is 26.2 Å². The number of unbranched alkanes of at least 4 members (excludes halogenated alkanes) is 2. The second-order valence-corrected chi connectivity index (χ2v) is 6.31. The van der Waals surface area contributed by atoms with Crippen LogP contribution in [0.3, 0.4) is 0 Å². The Morgan fingerprint density at radius 3 is 2.38 bits per heavy atom. The molecule has 3 atom stereocenters. The Morgan fingerprint density at radius 2 is 1.90 bits per heavy atom. The summed E-state index contributed by atoms with van der Waals surface area (Å²) in [4.78, 5) is 22.0. The SMILES string of the molecule is CCCCCC(O)C(CCO)SC[C@H](NC(C)=O)C(=O)O. The van der Waals surface area contributed by atoms with Gasteiger partial charge in [-0.05, 0) is 12.8 Å².